The summed E-state index contributed by atoms with van der Waals surface area (Å²) in [5, 5.41) is 4.86. The number of aromatic nitrogens is 4. The molecule has 2 aromatic heterocycles. The van der Waals surface area contributed by atoms with Crippen LogP contribution in [0.4, 0.5) is 0 Å². The molecule has 7 heteroatoms. The molecule has 0 spiro atoms. The molecule has 1 aliphatic carbocycles. The fourth-order valence-corrected chi connectivity index (χ4v) is 3.20. The highest BCUT2D eigenvalue weighted by Crippen LogP contribution is 2.31. The second-order valence-electron chi connectivity index (χ2n) is 5.90. The molecular formula is C16H21ClN4O2. The molecule has 0 radical (unpaired) electrons. The topological polar surface area (TPSA) is 72.8 Å². The van der Waals surface area contributed by atoms with E-state index in [9.17, 15) is 4.79 Å². The summed E-state index contributed by atoms with van der Waals surface area (Å²) in [7, 11) is 1.67. The smallest absolute Gasteiger partial charge is 0.266 e. The van der Waals surface area contributed by atoms with E-state index in [1.54, 1.807) is 19.4 Å². The van der Waals surface area contributed by atoms with Crippen LogP contribution < -0.4 is 5.56 Å². The Morgan fingerprint density at radius 3 is 2.87 bits per heavy atom. The molecule has 1 saturated carbocycles. The molecule has 0 atom stereocenters. The van der Waals surface area contributed by atoms with E-state index in [4.69, 9.17) is 21.4 Å². The number of nitrogens with zero attached hydrogens (tertiary/aromatic N) is 3. The van der Waals surface area contributed by atoms with Crippen molar-refractivity contribution in [3.05, 3.63) is 33.5 Å². The zero-order chi connectivity index (χ0) is 16.2. The molecular weight excluding hydrogens is 316 g/mol. The van der Waals surface area contributed by atoms with Gasteiger partial charge in [-0.3, -0.25) is 4.79 Å². The van der Waals surface area contributed by atoms with Crippen LogP contribution in [0.3, 0.4) is 0 Å². The first-order valence-electron chi connectivity index (χ1n) is 8.02. The lowest BCUT2D eigenvalue weighted by molar-refractivity contribution is 0.200. The maximum absolute atomic E-state index is 11.5. The van der Waals surface area contributed by atoms with Gasteiger partial charge in [0, 0.05) is 25.3 Å². The Hall–Kier alpha value is -1.66. The highest BCUT2D eigenvalue weighted by molar-refractivity contribution is 6.30. The van der Waals surface area contributed by atoms with Crippen molar-refractivity contribution in [2.75, 3.05) is 13.7 Å². The Morgan fingerprint density at radius 2 is 2.17 bits per heavy atom. The molecule has 2 aromatic rings. The van der Waals surface area contributed by atoms with Crippen molar-refractivity contribution in [2.45, 2.75) is 44.6 Å². The second-order valence-corrected chi connectivity index (χ2v) is 6.30. The van der Waals surface area contributed by atoms with Crippen molar-refractivity contribution < 1.29 is 4.74 Å². The second kappa shape index (κ2) is 7.27. The molecule has 2 heterocycles. The average molecular weight is 337 g/mol. The third-order valence-corrected chi connectivity index (χ3v) is 4.52. The molecule has 0 unspecified atom stereocenters. The lowest BCUT2D eigenvalue weighted by Crippen LogP contribution is -2.16. The zero-order valence-electron chi connectivity index (χ0n) is 13.2. The normalized spacial score (nSPS) is 15.9. The van der Waals surface area contributed by atoms with Crippen molar-refractivity contribution in [2.24, 2.45) is 0 Å². The fourth-order valence-electron chi connectivity index (χ4n) is 3.03. The van der Waals surface area contributed by atoms with Crippen molar-refractivity contribution in [1.82, 2.24) is 19.7 Å². The van der Waals surface area contributed by atoms with Crippen LogP contribution in [0.25, 0.3) is 11.4 Å². The van der Waals surface area contributed by atoms with Gasteiger partial charge in [-0.25, -0.2) is 9.67 Å². The molecule has 6 nitrogen and oxygen atoms in total. The van der Waals surface area contributed by atoms with Gasteiger partial charge < -0.3 is 9.72 Å². The standard InChI is InChI=1S/C16H21ClN4O2/c1-23-8-7-14-19-15(11-9-13(17)16(22)18-10-11)21(20-14)12-5-3-2-4-6-12/h9-10,12H,2-8H2,1H3,(H,18,22). The molecule has 1 N–H and O–H groups in total. The predicted octanol–water partition coefficient (Wildman–Crippen LogP) is 2.98. The molecule has 23 heavy (non-hydrogen) atoms. The van der Waals surface area contributed by atoms with E-state index in [2.05, 4.69) is 9.97 Å². The van der Waals surface area contributed by atoms with Gasteiger partial charge in [0.05, 0.1) is 12.6 Å². The maximum atomic E-state index is 11.5. The van der Waals surface area contributed by atoms with Crippen molar-refractivity contribution in [3.63, 3.8) is 0 Å². The lowest BCUT2D eigenvalue weighted by atomic mass is 9.95. The van der Waals surface area contributed by atoms with E-state index in [0.717, 1.165) is 30.1 Å². The summed E-state index contributed by atoms with van der Waals surface area (Å²) >= 11 is 5.97. The minimum absolute atomic E-state index is 0.166. The zero-order valence-corrected chi connectivity index (χ0v) is 14.0. The van der Waals surface area contributed by atoms with Gasteiger partial charge in [0.1, 0.15) is 5.02 Å². The van der Waals surface area contributed by atoms with Gasteiger partial charge >= 0.3 is 0 Å². The van der Waals surface area contributed by atoms with Crippen molar-refractivity contribution >= 4 is 11.6 Å². The van der Waals surface area contributed by atoms with Crippen LogP contribution in [0.2, 0.25) is 5.02 Å². The summed E-state index contributed by atoms with van der Waals surface area (Å²) in [6.07, 6.45) is 8.24. The number of hydrogen-bond acceptors (Lipinski definition) is 4. The number of aromatic amines is 1. The number of halogens is 1. The van der Waals surface area contributed by atoms with Crippen LogP contribution in [-0.4, -0.2) is 33.5 Å². The number of rotatable bonds is 5. The van der Waals surface area contributed by atoms with Crippen LogP contribution in [0.5, 0.6) is 0 Å². The van der Waals surface area contributed by atoms with Gasteiger partial charge in [0.2, 0.25) is 0 Å². The third kappa shape index (κ3) is 3.64. The average Bonchev–Trinajstić information content (AvgIpc) is 3.00. The first-order valence-corrected chi connectivity index (χ1v) is 8.40. The largest absolute Gasteiger partial charge is 0.384 e. The van der Waals surface area contributed by atoms with Crippen LogP contribution in [0.15, 0.2) is 17.1 Å². The van der Waals surface area contributed by atoms with E-state index in [1.807, 2.05) is 4.68 Å². The van der Waals surface area contributed by atoms with E-state index in [0.29, 0.717) is 19.1 Å². The number of methoxy groups -OCH3 is 1. The molecule has 1 fully saturated rings. The lowest BCUT2D eigenvalue weighted by Gasteiger charge is -2.23. The number of hydrogen-bond donors (Lipinski definition) is 1. The number of nitrogens with one attached hydrogen (secondary N) is 1. The van der Waals surface area contributed by atoms with E-state index in [1.165, 1.54) is 19.3 Å². The van der Waals surface area contributed by atoms with Crippen LogP contribution >= 0.6 is 11.6 Å². The Balaban J connectivity index is 1.99. The quantitative estimate of drug-likeness (QED) is 0.911. The van der Waals surface area contributed by atoms with Gasteiger partial charge in [-0.2, -0.15) is 5.10 Å². The molecule has 1 aliphatic rings. The molecule has 0 aromatic carbocycles. The van der Waals surface area contributed by atoms with Gasteiger partial charge in [-0.05, 0) is 18.9 Å². The highest BCUT2D eigenvalue weighted by atomic mass is 35.5. The minimum Gasteiger partial charge on any atom is -0.384 e. The molecule has 0 bridgehead atoms. The summed E-state index contributed by atoms with van der Waals surface area (Å²) in [6.45, 7) is 0.584. The van der Waals surface area contributed by atoms with Crippen LogP contribution in [0.1, 0.15) is 44.0 Å². The summed E-state index contributed by atoms with van der Waals surface area (Å²) in [6, 6.07) is 2.01. The Kier molecular flexibility index (Phi) is 5.13. The molecule has 0 aliphatic heterocycles. The van der Waals surface area contributed by atoms with Crippen LogP contribution in [0, 0.1) is 0 Å². The van der Waals surface area contributed by atoms with E-state index in [-0.39, 0.29) is 10.6 Å². The maximum Gasteiger partial charge on any atom is 0.266 e. The first-order chi connectivity index (χ1) is 11.2. The predicted molar refractivity (Wildman–Crippen MR) is 88.8 cm³/mol. The molecule has 124 valence electrons. The minimum atomic E-state index is -0.293. The fraction of sp³-hybridized carbons (Fsp3) is 0.562. The number of pyridine rings is 1. The Morgan fingerprint density at radius 1 is 1.39 bits per heavy atom. The van der Waals surface area contributed by atoms with Gasteiger partial charge in [0.25, 0.3) is 5.56 Å². The summed E-state index contributed by atoms with van der Waals surface area (Å²) in [4.78, 5) is 18.8. The Bertz CT molecular complexity index is 719. The first kappa shape index (κ1) is 16.2. The highest BCUT2D eigenvalue weighted by Gasteiger charge is 2.22. The van der Waals surface area contributed by atoms with Gasteiger partial charge in [-0.1, -0.05) is 30.9 Å². The monoisotopic (exact) mass is 336 g/mol. The number of ether oxygens (including phenoxy) is 1. The Labute approximate surface area is 139 Å². The van der Waals surface area contributed by atoms with Crippen LogP contribution in [-0.2, 0) is 11.2 Å². The van der Waals surface area contributed by atoms with Crippen molar-refractivity contribution in [3.8, 4) is 11.4 Å². The SMILES string of the molecule is COCCc1nc(-c2c[nH]c(=O)c(Cl)c2)n(C2CCCCC2)n1. The summed E-state index contributed by atoms with van der Waals surface area (Å²) < 4.78 is 7.13. The van der Waals surface area contributed by atoms with E-state index >= 15 is 0 Å². The van der Waals surface area contributed by atoms with Gasteiger partial charge in [0.15, 0.2) is 11.6 Å². The third-order valence-electron chi connectivity index (χ3n) is 4.24. The molecule has 0 saturated heterocycles. The van der Waals surface area contributed by atoms with Gasteiger partial charge in [-0.15, -0.1) is 0 Å². The molecule has 3 rings (SSSR count). The summed E-state index contributed by atoms with van der Waals surface area (Å²) in [5.41, 5.74) is 0.495. The van der Waals surface area contributed by atoms with E-state index < -0.39 is 0 Å². The number of H-pyrrole nitrogens is 1. The summed E-state index contributed by atoms with van der Waals surface area (Å²) in [5.74, 6) is 1.52. The molecule has 0 amide bonds. The van der Waals surface area contributed by atoms with Crippen molar-refractivity contribution in [1.29, 1.82) is 0 Å².